The summed E-state index contributed by atoms with van der Waals surface area (Å²) < 4.78 is 16.1. The van der Waals surface area contributed by atoms with Gasteiger partial charge in [0.15, 0.2) is 17.3 Å². The molecule has 3 rings (SSSR count). The van der Waals surface area contributed by atoms with Crippen LogP contribution in [0.2, 0.25) is 0 Å². The first kappa shape index (κ1) is 21.4. The molecular formula is C25H26O5. The lowest BCUT2D eigenvalue weighted by Gasteiger charge is -2.16. The van der Waals surface area contributed by atoms with Gasteiger partial charge >= 0.3 is 0 Å². The van der Waals surface area contributed by atoms with Crippen LogP contribution in [-0.4, -0.2) is 32.9 Å². The summed E-state index contributed by atoms with van der Waals surface area (Å²) in [4.78, 5) is 25.3. The highest BCUT2D eigenvalue weighted by atomic mass is 16.5. The SMILES string of the molecule is COc1cc(C(=O)c2cc(C3=CC=CC3C)ccc2CC(C)=O)cc(OC)c1OC. The zero-order chi connectivity index (χ0) is 21.8. The summed E-state index contributed by atoms with van der Waals surface area (Å²) in [6, 6.07) is 8.98. The van der Waals surface area contributed by atoms with Crippen LogP contribution in [0.25, 0.3) is 5.57 Å². The molecule has 0 fully saturated rings. The van der Waals surface area contributed by atoms with Crippen LogP contribution in [0.15, 0.2) is 48.6 Å². The van der Waals surface area contributed by atoms with Crippen LogP contribution in [0.5, 0.6) is 17.2 Å². The van der Waals surface area contributed by atoms with Crippen molar-refractivity contribution in [3.05, 3.63) is 70.8 Å². The molecule has 0 aromatic heterocycles. The minimum absolute atomic E-state index is 0.00295. The molecule has 0 N–H and O–H groups in total. The van der Waals surface area contributed by atoms with Crippen molar-refractivity contribution >= 4 is 17.1 Å². The molecule has 0 spiro atoms. The highest BCUT2D eigenvalue weighted by Gasteiger charge is 2.22. The second kappa shape index (κ2) is 8.99. The van der Waals surface area contributed by atoms with E-state index in [0.29, 0.717) is 33.9 Å². The molecule has 5 heteroatoms. The standard InChI is InChI=1S/C25H26O5/c1-15-7-6-8-20(15)18-10-9-17(11-16(2)26)21(12-18)24(27)19-13-22(28-3)25(30-5)23(14-19)29-4/h6-10,12-15H,11H2,1-5H3. The maximum Gasteiger partial charge on any atom is 0.203 e. The molecular weight excluding hydrogens is 380 g/mol. The van der Waals surface area contributed by atoms with Crippen LogP contribution >= 0.6 is 0 Å². The van der Waals surface area contributed by atoms with Gasteiger partial charge < -0.3 is 14.2 Å². The summed E-state index contributed by atoms with van der Waals surface area (Å²) in [6.07, 6.45) is 6.38. The Morgan fingerprint density at radius 3 is 2.13 bits per heavy atom. The zero-order valence-corrected chi connectivity index (χ0v) is 17.9. The van der Waals surface area contributed by atoms with Gasteiger partial charge in [-0.15, -0.1) is 0 Å². The third-order valence-corrected chi connectivity index (χ3v) is 5.22. The Hall–Kier alpha value is -3.34. The normalized spacial score (nSPS) is 15.0. The smallest absolute Gasteiger partial charge is 0.203 e. The number of allylic oxidation sites excluding steroid dienone is 4. The Balaban J connectivity index is 2.13. The average Bonchev–Trinajstić information content (AvgIpc) is 3.17. The van der Waals surface area contributed by atoms with E-state index in [0.717, 1.165) is 11.1 Å². The van der Waals surface area contributed by atoms with Crippen molar-refractivity contribution in [2.75, 3.05) is 21.3 Å². The van der Waals surface area contributed by atoms with Gasteiger partial charge in [0.1, 0.15) is 5.78 Å². The highest BCUT2D eigenvalue weighted by Crippen LogP contribution is 2.39. The van der Waals surface area contributed by atoms with Crippen molar-refractivity contribution in [3.8, 4) is 17.2 Å². The van der Waals surface area contributed by atoms with Crippen LogP contribution in [0.1, 0.15) is 40.9 Å². The fraction of sp³-hybridized carbons (Fsp3) is 0.280. The van der Waals surface area contributed by atoms with Crippen LogP contribution in [0.3, 0.4) is 0 Å². The number of ketones is 2. The van der Waals surface area contributed by atoms with Gasteiger partial charge in [-0.05, 0) is 47.7 Å². The number of benzene rings is 2. The number of methoxy groups -OCH3 is 3. The molecule has 0 aliphatic heterocycles. The van der Waals surface area contributed by atoms with Crippen molar-refractivity contribution in [2.45, 2.75) is 20.3 Å². The van der Waals surface area contributed by atoms with Crippen molar-refractivity contribution in [1.82, 2.24) is 0 Å². The van der Waals surface area contributed by atoms with E-state index in [4.69, 9.17) is 14.2 Å². The Morgan fingerprint density at radius 1 is 0.967 bits per heavy atom. The van der Waals surface area contributed by atoms with E-state index in [-0.39, 0.29) is 23.9 Å². The van der Waals surface area contributed by atoms with Gasteiger partial charge in [-0.2, -0.15) is 0 Å². The lowest BCUT2D eigenvalue weighted by Crippen LogP contribution is -2.10. The maximum atomic E-state index is 13.5. The number of hydrogen-bond acceptors (Lipinski definition) is 5. The van der Waals surface area contributed by atoms with E-state index in [1.54, 1.807) is 12.1 Å². The van der Waals surface area contributed by atoms with E-state index >= 15 is 0 Å². The summed E-state index contributed by atoms with van der Waals surface area (Å²) in [5.74, 6) is 1.29. The predicted octanol–water partition coefficient (Wildman–Crippen LogP) is 4.66. The molecule has 30 heavy (non-hydrogen) atoms. The number of carbonyl (C=O) groups is 2. The molecule has 5 nitrogen and oxygen atoms in total. The summed E-state index contributed by atoms with van der Waals surface area (Å²) >= 11 is 0. The first-order chi connectivity index (χ1) is 14.4. The Labute approximate surface area is 177 Å². The molecule has 0 bridgehead atoms. The van der Waals surface area contributed by atoms with Crippen LogP contribution < -0.4 is 14.2 Å². The Kier molecular flexibility index (Phi) is 6.40. The monoisotopic (exact) mass is 406 g/mol. The molecule has 1 unspecified atom stereocenters. The van der Waals surface area contributed by atoms with Gasteiger partial charge in [0, 0.05) is 17.5 Å². The van der Waals surface area contributed by atoms with Crippen LogP contribution in [-0.2, 0) is 11.2 Å². The van der Waals surface area contributed by atoms with Crippen molar-refractivity contribution < 1.29 is 23.8 Å². The Bertz CT molecular complexity index is 1020. The zero-order valence-electron chi connectivity index (χ0n) is 17.9. The number of hydrogen-bond donors (Lipinski definition) is 0. The minimum atomic E-state index is -0.202. The summed E-state index contributed by atoms with van der Waals surface area (Å²) in [5, 5.41) is 0. The average molecular weight is 406 g/mol. The van der Waals surface area contributed by atoms with E-state index in [2.05, 4.69) is 19.1 Å². The molecule has 1 aliphatic rings. The summed E-state index contributed by atoms with van der Waals surface area (Å²) in [7, 11) is 4.53. The van der Waals surface area contributed by atoms with Crippen molar-refractivity contribution in [2.24, 2.45) is 5.92 Å². The van der Waals surface area contributed by atoms with Crippen LogP contribution in [0, 0.1) is 5.92 Å². The van der Waals surface area contributed by atoms with Gasteiger partial charge in [0.05, 0.1) is 21.3 Å². The molecule has 156 valence electrons. The third kappa shape index (κ3) is 4.15. The fourth-order valence-corrected chi connectivity index (χ4v) is 3.70. The largest absolute Gasteiger partial charge is 0.493 e. The first-order valence-corrected chi connectivity index (χ1v) is 9.75. The number of ether oxygens (including phenoxy) is 3. The molecule has 2 aromatic carbocycles. The van der Waals surface area contributed by atoms with E-state index in [1.807, 2.05) is 24.3 Å². The van der Waals surface area contributed by atoms with Gasteiger partial charge in [0.2, 0.25) is 5.75 Å². The van der Waals surface area contributed by atoms with E-state index in [9.17, 15) is 9.59 Å². The van der Waals surface area contributed by atoms with E-state index < -0.39 is 0 Å². The topological polar surface area (TPSA) is 61.8 Å². The van der Waals surface area contributed by atoms with E-state index in [1.165, 1.54) is 28.3 Å². The highest BCUT2D eigenvalue weighted by molar-refractivity contribution is 6.11. The molecule has 0 heterocycles. The van der Waals surface area contributed by atoms with Gasteiger partial charge in [-0.1, -0.05) is 37.3 Å². The number of rotatable bonds is 8. The lowest BCUT2D eigenvalue weighted by molar-refractivity contribution is -0.116. The van der Waals surface area contributed by atoms with Gasteiger partial charge in [-0.3, -0.25) is 9.59 Å². The second-order valence-electron chi connectivity index (χ2n) is 7.29. The van der Waals surface area contributed by atoms with Crippen molar-refractivity contribution in [3.63, 3.8) is 0 Å². The third-order valence-electron chi connectivity index (χ3n) is 5.22. The second-order valence-corrected chi connectivity index (χ2v) is 7.29. The fourth-order valence-electron chi connectivity index (χ4n) is 3.70. The molecule has 0 saturated carbocycles. The maximum absolute atomic E-state index is 13.5. The molecule has 0 amide bonds. The predicted molar refractivity (Wildman–Crippen MR) is 117 cm³/mol. The quantitative estimate of drug-likeness (QED) is 0.597. The summed E-state index contributed by atoms with van der Waals surface area (Å²) in [6.45, 7) is 3.63. The molecule has 0 radical (unpaired) electrons. The van der Waals surface area contributed by atoms with Gasteiger partial charge in [0.25, 0.3) is 0 Å². The summed E-state index contributed by atoms with van der Waals surface area (Å²) in [5.41, 5.74) is 3.71. The number of Topliss-reactive ketones (excluding diaryl/α,β-unsaturated/α-hetero) is 1. The molecule has 0 saturated heterocycles. The van der Waals surface area contributed by atoms with Crippen molar-refractivity contribution in [1.29, 1.82) is 0 Å². The first-order valence-electron chi connectivity index (χ1n) is 9.75. The molecule has 2 aromatic rings. The minimum Gasteiger partial charge on any atom is -0.493 e. The number of carbonyl (C=O) groups excluding carboxylic acids is 2. The van der Waals surface area contributed by atoms with Crippen LogP contribution in [0.4, 0.5) is 0 Å². The lowest BCUT2D eigenvalue weighted by atomic mass is 9.89. The Morgan fingerprint density at radius 2 is 1.63 bits per heavy atom. The molecule has 1 aliphatic carbocycles. The molecule has 1 atom stereocenters. The van der Waals surface area contributed by atoms with Gasteiger partial charge in [-0.25, -0.2) is 0 Å².